The van der Waals surface area contributed by atoms with E-state index in [1.807, 2.05) is 19.1 Å². The van der Waals surface area contributed by atoms with Crippen molar-refractivity contribution in [2.45, 2.75) is 45.4 Å². The SMILES string of the molecule is Cc1cc(N2CCCS2(=O)=O)ccc1NC(=O)C1CCCCC1. The molecule has 6 heteroatoms. The van der Waals surface area contributed by atoms with Crippen molar-refractivity contribution >= 4 is 27.3 Å². The fraction of sp³-hybridized carbons (Fsp3) is 0.588. The maximum atomic E-state index is 12.3. The van der Waals surface area contributed by atoms with E-state index in [4.69, 9.17) is 0 Å². The van der Waals surface area contributed by atoms with E-state index in [2.05, 4.69) is 5.32 Å². The van der Waals surface area contributed by atoms with E-state index in [0.29, 0.717) is 18.7 Å². The van der Waals surface area contributed by atoms with Gasteiger partial charge in [0, 0.05) is 18.2 Å². The van der Waals surface area contributed by atoms with Crippen molar-refractivity contribution in [3.05, 3.63) is 23.8 Å². The first-order valence-corrected chi connectivity index (χ1v) is 10.0. The Labute approximate surface area is 138 Å². The fourth-order valence-corrected chi connectivity index (χ4v) is 5.03. The van der Waals surface area contributed by atoms with E-state index >= 15 is 0 Å². The van der Waals surface area contributed by atoms with Gasteiger partial charge in [-0.2, -0.15) is 0 Å². The summed E-state index contributed by atoms with van der Waals surface area (Å²) in [5.74, 6) is 0.419. The van der Waals surface area contributed by atoms with Crippen LogP contribution in [0.25, 0.3) is 0 Å². The third kappa shape index (κ3) is 3.52. The van der Waals surface area contributed by atoms with Gasteiger partial charge in [-0.05, 0) is 49.9 Å². The number of benzene rings is 1. The Morgan fingerprint density at radius 2 is 1.91 bits per heavy atom. The van der Waals surface area contributed by atoms with Gasteiger partial charge < -0.3 is 5.32 Å². The molecule has 1 aromatic rings. The predicted molar refractivity (Wildman–Crippen MR) is 92.1 cm³/mol. The number of sulfonamides is 1. The number of rotatable bonds is 3. The molecule has 2 fully saturated rings. The third-order valence-corrected chi connectivity index (χ3v) is 6.70. The number of nitrogens with zero attached hydrogens (tertiary/aromatic N) is 1. The van der Waals surface area contributed by atoms with Crippen LogP contribution in [0.2, 0.25) is 0 Å². The summed E-state index contributed by atoms with van der Waals surface area (Å²) in [5, 5.41) is 3.01. The molecule has 2 aliphatic rings. The Hall–Kier alpha value is -1.56. The first kappa shape index (κ1) is 16.3. The summed E-state index contributed by atoms with van der Waals surface area (Å²) in [7, 11) is -3.16. The van der Waals surface area contributed by atoms with Gasteiger partial charge in [-0.1, -0.05) is 19.3 Å². The van der Waals surface area contributed by atoms with Crippen molar-refractivity contribution in [3.8, 4) is 0 Å². The van der Waals surface area contributed by atoms with E-state index in [0.717, 1.165) is 36.9 Å². The van der Waals surface area contributed by atoms with Crippen LogP contribution in [0.3, 0.4) is 0 Å². The molecule has 0 radical (unpaired) electrons. The molecule has 1 aliphatic carbocycles. The Morgan fingerprint density at radius 1 is 1.17 bits per heavy atom. The minimum Gasteiger partial charge on any atom is -0.326 e. The molecule has 0 aromatic heterocycles. The molecule has 0 bridgehead atoms. The summed E-state index contributed by atoms with van der Waals surface area (Å²) in [4.78, 5) is 12.3. The van der Waals surface area contributed by atoms with Crippen LogP contribution in [-0.2, 0) is 14.8 Å². The summed E-state index contributed by atoms with van der Waals surface area (Å²) in [6.07, 6.45) is 6.08. The first-order valence-electron chi connectivity index (χ1n) is 8.39. The lowest BCUT2D eigenvalue weighted by molar-refractivity contribution is -0.120. The Kier molecular flexibility index (Phi) is 4.62. The maximum Gasteiger partial charge on any atom is 0.235 e. The summed E-state index contributed by atoms with van der Waals surface area (Å²) in [6.45, 7) is 2.44. The zero-order valence-electron chi connectivity index (χ0n) is 13.5. The Morgan fingerprint density at radius 3 is 2.52 bits per heavy atom. The summed E-state index contributed by atoms with van der Waals surface area (Å²) < 4.78 is 25.5. The van der Waals surface area contributed by atoms with Crippen LogP contribution < -0.4 is 9.62 Å². The fourth-order valence-electron chi connectivity index (χ4n) is 3.47. The van der Waals surface area contributed by atoms with Crippen molar-refractivity contribution in [2.24, 2.45) is 5.92 Å². The highest BCUT2D eigenvalue weighted by Crippen LogP contribution is 2.29. The normalized spacial score (nSPS) is 21.3. The zero-order chi connectivity index (χ0) is 16.4. The van der Waals surface area contributed by atoms with Crippen molar-refractivity contribution < 1.29 is 13.2 Å². The minimum atomic E-state index is -3.16. The predicted octanol–water partition coefficient (Wildman–Crippen LogP) is 3.05. The van der Waals surface area contributed by atoms with Crippen LogP contribution in [0.1, 0.15) is 44.1 Å². The average molecular weight is 336 g/mol. The molecule has 0 unspecified atom stereocenters. The lowest BCUT2D eigenvalue weighted by atomic mass is 9.88. The number of carbonyl (C=O) groups is 1. The monoisotopic (exact) mass is 336 g/mol. The lowest BCUT2D eigenvalue weighted by Crippen LogP contribution is -2.26. The van der Waals surface area contributed by atoms with Gasteiger partial charge in [0.15, 0.2) is 0 Å². The number of anilines is 2. The zero-order valence-corrected chi connectivity index (χ0v) is 14.4. The largest absolute Gasteiger partial charge is 0.326 e. The molecule has 3 rings (SSSR count). The second-order valence-corrected chi connectivity index (χ2v) is 8.58. The Bertz CT molecular complexity index is 694. The minimum absolute atomic E-state index is 0.0920. The van der Waals surface area contributed by atoms with Gasteiger partial charge in [0.25, 0.3) is 0 Å². The average Bonchev–Trinajstić information content (AvgIpc) is 2.89. The molecule has 1 N–H and O–H groups in total. The molecule has 126 valence electrons. The van der Waals surface area contributed by atoms with E-state index in [1.165, 1.54) is 10.7 Å². The summed E-state index contributed by atoms with van der Waals surface area (Å²) in [6, 6.07) is 5.45. The van der Waals surface area contributed by atoms with Crippen molar-refractivity contribution in [3.63, 3.8) is 0 Å². The number of aryl methyl sites for hydroxylation is 1. The molecule has 1 aliphatic heterocycles. The summed E-state index contributed by atoms with van der Waals surface area (Å²) >= 11 is 0. The van der Waals surface area contributed by atoms with Gasteiger partial charge >= 0.3 is 0 Å². The van der Waals surface area contributed by atoms with Gasteiger partial charge in [0.2, 0.25) is 15.9 Å². The van der Waals surface area contributed by atoms with Crippen LogP contribution in [0.5, 0.6) is 0 Å². The standard InChI is InChI=1S/C17H24N2O3S/c1-13-12-15(19-10-5-11-23(19,21)22)8-9-16(13)18-17(20)14-6-3-2-4-7-14/h8-9,12,14H,2-7,10-11H2,1H3,(H,18,20). The highest BCUT2D eigenvalue weighted by atomic mass is 32.2. The first-order chi connectivity index (χ1) is 11.0. The van der Waals surface area contributed by atoms with Crippen LogP contribution in [-0.4, -0.2) is 26.6 Å². The van der Waals surface area contributed by atoms with Crippen molar-refractivity contribution in [1.29, 1.82) is 0 Å². The molecular formula is C17H24N2O3S. The Balaban J connectivity index is 1.73. The molecule has 23 heavy (non-hydrogen) atoms. The molecular weight excluding hydrogens is 312 g/mol. The molecule has 1 heterocycles. The number of nitrogens with one attached hydrogen (secondary N) is 1. The van der Waals surface area contributed by atoms with E-state index in [1.54, 1.807) is 6.07 Å². The molecule has 1 saturated heterocycles. The molecule has 0 atom stereocenters. The third-order valence-electron chi connectivity index (χ3n) is 4.83. The van der Waals surface area contributed by atoms with Crippen LogP contribution >= 0.6 is 0 Å². The molecule has 1 saturated carbocycles. The molecule has 5 nitrogen and oxygen atoms in total. The highest BCUT2D eigenvalue weighted by Gasteiger charge is 2.28. The second-order valence-electron chi connectivity index (χ2n) is 6.57. The van der Waals surface area contributed by atoms with Gasteiger partial charge in [-0.25, -0.2) is 8.42 Å². The van der Waals surface area contributed by atoms with Gasteiger partial charge in [-0.15, -0.1) is 0 Å². The molecule has 1 aromatic carbocycles. The number of hydrogen-bond donors (Lipinski definition) is 1. The lowest BCUT2D eigenvalue weighted by Gasteiger charge is -2.22. The van der Waals surface area contributed by atoms with Crippen LogP contribution in [0, 0.1) is 12.8 Å². The maximum absolute atomic E-state index is 12.3. The van der Waals surface area contributed by atoms with E-state index in [9.17, 15) is 13.2 Å². The van der Waals surface area contributed by atoms with Crippen molar-refractivity contribution in [1.82, 2.24) is 0 Å². The molecule has 0 spiro atoms. The van der Waals surface area contributed by atoms with Crippen LogP contribution in [0.15, 0.2) is 18.2 Å². The van der Waals surface area contributed by atoms with Gasteiger partial charge in [0.05, 0.1) is 11.4 Å². The smallest absolute Gasteiger partial charge is 0.235 e. The van der Waals surface area contributed by atoms with E-state index < -0.39 is 10.0 Å². The van der Waals surface area contributed by atoms with Gasteiger partial charge in [0.1, 0.15) is 0 Å². The summed E-state index contributed by atoms with van der Waals surface area (Å²) in [5.41, 5.74) is 2.37. The number of amides is 1. The topological polar surface area (TPSA) is 66.5 Å². The number of carbonyl (C=O) groups excluding carboxylic acids is 1. The van der Waals surface area contributed by atoms with Gasteiger partial charge in [-0.3, -0.25) is 9.10 Å². The quantitative estimate of drug-likeness (QED) is 0.922. The van der Waals surface area contributed by atoms with E-state index in [-0.39, 0.29) is 17.6 Å². The molecule has 1 amide bonds. The van der Waals surface area contributed by atoms with Crippen molar-refractivity contribution in [2.75, 3.05) is 21.9 Å². The number of hydrogen-bond acceptors (Lipinski definition) is 3. The highest BCUT2D eigenvalue weighted by molar-refractivity contribution is 7.93. The van der Waals surface area contributed by atoms with Crippen LogP contribution in [0.4, 0.5) is 11.4 Å². The second kappa shape index (κ2) is 6.51.